The number of aliphatic hydroxyl groups excluding tert-OH is 1. The van der Waals surface area contributed by atoms with Gasteiger partial charge in [0.1, 0.15) is 5.75 Å². The molecule has 0 saturated carbocycles. The van der Waals surface area contributed by atoms with Gasteiger partial charge >= 0.3 is 0 Å². The Bertz CT molecular complexity index is 648. The number of aliphatic hydroxyl groups is 1. The zero-order valence-corrected chi connectivity index (χ0v) is 13.4. The Morgan fingerprint density at radius 1 is 1.43 bits per heavy atom. The van der Waals surface area contributed by atoms with Gasteiger partial charge in [0.25, 0.3) is 0 Å². The molecule has 1 aromatic carbocycles. The maximum Gasteiger partial charge on any atom is 0.177 e. The summed E-state index contributed by atoms with van der Waals surface area (Å²) in [6, 6.07) is 8.14. The number of benzene rings is 1. The van der Waals surface area contributed by atoms with Crippen molar-refractivity contribution < 1.29 is 9.84 Å². The molecule has 21 heavy (non-hydrogen) atoms. The van der Waals surface area contributed by atoms with E-state index in [0.29, 0.717) is 11.3 Å². The van der Waals surface area contributed by atoms with Crippen LogP contribution < -0.4 is 4.74 Å². The van der Waals surface area contributed by atoms with Crippen LogP contribution in [-0.4, -0.2) is 40.8 Å². The maximum absolute atomic E-state index is 9.42. The number of aromatic nitrogens is 2. The number of methoxy groups -OCH3 is 1. The van der Waals surface area contributed by atoms with Gasteiger partial charge in [0.05, 0.1) is 25.5 Å². The van der Waals surface area contributed by atoms with Crippen molar-refractivity contribution in [1.29, 1.82) is 0 Å². The highest BCUT2D eigenvalue weighted by molar-refractivity contribution is 7.71. The summed E-state index contributed by atoms with van der Waals surface area (Å²) in [5, 5.41) is 9.42. The fraction of sp³-hybridized carbons (Fsp3) is 0.400. The number of likely N-dealkylation sites (N-methyl/N-ethyl adjacent to an activating group) is 1. The van der Waals surface area contributed by atoms with Crippen LogP contribution in [-0.2, 0) is 13.2 Å². The highest BCUT2D eigenvalue weighted by Gasteiger charge is 2.17. The fourth-order valence-corrected chi connectivity index (χ4v) is 2.60. The van der Waals surface area contributed by atoms with Crippen LogP contribution >= 0.6 is 12.2 Å². The Hall–Kier alpha value is -1.63. The van der Waals surface area contributed by atoms with Crippen LogP contribution in [0, 0.1) is 4.77 Å². The number of rotatable bonds is 6. The van der Waals surface area contributed by atoms with E-state index in [1.807, 2.05) is 36.9 Å². The van der Waals surface area contributed by atoms with Gasteiger partial charge in [-0.2, -0.15) is 0 Å². The predicted octanol–water partition coefficient (Wildman–Crippen LogP) is 2.35. The molecule has 0 bridgehead atoms. The summed E-state index contributed by atoms with van der Waals surface area (Å²) in [6.07, 6.45) is 1.75. The van der Waals surface area contributed by atoms with Crippen molar-refractivity contribution in [3.63, 3.8) is 0 Å². The van der Waals surface area contributed by atoms with Gasteiger partial charge in [-0.1, -0.05) is 12.1 Å². The number of hydrogen-bond donors (Lipinski definition) is 2. The zero-order valence-electron chi connectivity index (χ0n) is 12.5. The van der Waals surface area contributed by atoms with Gasteiger partial charge in [-0.15, -0.1) is 0 Å². The lowest BCUT2D eigenvalue weighted by Gasteiger charge is -2.26. The van der Waals surface area contributed by atoms with Crippen molar-refractivity contribution >= 4 is 12.2 Å². The first kappa shape index (κ1) is 15.8. The number of H-pyrrole nitrogens is 1. The molecule has 0 fully saturated rings. The topological polar surface area (TPSA) is 53.4 Å². The van der Waals surface area contributed by atoms with Crippen LogP contribution in [0.3, 0.4) is 0 Å². The molecule has 0 aliphatic carbocycles. The SMILES string of the molecule is COc1cccc(C(Cn2c(CO)c[nH]c2=S)N(C)C)c1. The Kier molecular flexibility index (Phi) is 5.17. The third-order valence-electron chi connectivity index (χ3n) is 3.57. The second-order valence-electron chi connectivity index (χ2n) is 5.11. The molecule has 1 unspecified atom stereocenters. The molecule has 0 saturated heterocycles. The normalized spacial score (nSPS) is 12.6. The Labute approximate surface area is 129 Å². The van der Waals surface area contributed by atoms with E-state index < -0.39 is 0 Å². The first-order chi connectivity index (χ1) is 10.1. The highest BCUT2D eigenvalue weighted by atomic mass is 32.1. The van der Waals surface area contributed by atoms with Gasteiger partial charge in [-0.25, -0.2) is 0 Å². The minimum Gasteiger partial charge on any atom is -0.497 e. The lowest BCUT2D eigenvalue weighted by atomic mass is 10.1. The van der Waals surface area contributed by atoms with Crippen LogP contribution in [0.4, 0.5) is 0 Å². The molecule has 6 heteroatoms. The number of aromatic amines is 1. The van der Waals surface area contributed by atoms with Crippen molar-refractivity contribution in [2.24, 2.45) is 0 Å². The third kappa shape index (κ3) is 3.53. The van der Waals surface area contributed by atoms with E-state index in [2.05, 4.69) is 16.0 Å². The summed E-state index contributed by atoms with van der Waals surface area (Å²) in [5.74, 6) is 0.833. The standard InChI is InChI=1S/C15H21N3O2S/c1-17(2)14(11-5-4-6-13(7-11)20-3)9-18-12(10-19)8-16-15(18)21/h4-8,14,19H,9-10H2,1-3H3,(H,16,21). The molecule has 0 spiro atoms. The largest absolute Gasteiger partial charge is 0.497 e. The van der Waals surface area contributed by atoms with E-state index in [0.717, 1.165) is 17.0 Å². The van der Waals surface area contributed by atoms with Crippen molar-refractivity contribution in [2.45, 2.75) is 19.2 Å². The van der Waals surface area contributed by atoms with Crippen LogP contribution in [0.1, 0.15) is 17.3 Å². The lowest BCUT2D eigenvalue weighted by Crippen LogP contribution is -2.25. The minimum atomic E-state index is -0.0363. The average molecular weight is 307 g/mol. The summed E-state index contributed by atoms with van der Waals surface area (Å²) in [7, 11) is 5.72. The van der Waals surface area contributed by atoms with E-state index >= 15 is 0 Å². The van der Waals surface area contributed by atoms with Crippen molar-refractivity contribution in [1.82, 2.24) is 14.5 Å². The van der Waals surface area contributed by atoms with Crippen molar-refractivity contribution in [3.05, 3.63) is 46.5 Å². The fourth-order valence-electron chi connectivity index (χ4n) is 2.35. The Morgan fingerprint density at radius 3 is 2.81 bits per heavy atom. The molecule has 0 aliphatic heterocycles. The van der Waals surface area contributed by atoms with Crippen molar-refractivity contribution in [2.75, 3.05) is 21.2 Å². The summed E-state index contributed by atoms with van der Waals surface area (Å²) in [6.45, 7) is 0.629. The number of imidazole rings is 1. The first-order valence-electron chi connectivity index (χ1n) is 6.75. The average Bonchev–Trinajstić information content (AvgIpc) is 2.84. The van der Waals surface area contributed by atoms with Crippen molar-refractivity contribution in [3.8, 4) is 5.75 Å². The number of ether oxygens (including phenoxy) is 1. The summed E-state index contributed by atoms with van der Waals surface area (Å²) < 4.78 is 7.85. The predicted molar refractivity (Wildman–Crippen MR) is 85.0 cm³/mol. The summed E-state index contributed by atoms with van der Waals surface area (Å²) in [4.78, 5) is 5.11. The number of hydrogen-bond acceptors (Lipinski definition) is 4. The first-order valence-corrected chi connectivity index (χ1v) is 7.16. The Morgan fingerprint density at radius 2 is 2.19 bits per heavy atom. The summed E-state index contributed by atoms with van der Waals surface area (Å²) >= 11 is 5.30. The maximum atomic E-state index is 9.42. The van der Waals surface area contributed by atoms with Gasteiger partial charge in [-0.3, -0.25) is 0 Å². The molecule has 0 amide bonds. The van der Waals surface area contributed by atoms with Crippen LogP contribution in [0.25, 0.3) is 0 Å². The molecule has 114 valence electrons. The van der Waals surface area contributed by atoms with Crippen LogP contribution in [0.5, 0.6) is 5.75 Å². The lowest BCUT2D eigenvalue weighted by molar-refractivity contribution is 0.243. The second kappa shape index (κ2) is 6.89. The molecule has 1 heterocycles. The smallest absolute Gasteiger partial charge is 0.177 e. The second-order valence-corrected chi connectivity index (χ2v) is 5.50. The molecule has 2 rings (SSSR count). The molecule has 2 aromatic rings. The molecule has 0 radical (unpaired) electrons. The van der Waals surface area contributed by atoms with E-state index in [4.69, 9.17) is 17.0 Å². The van der Waals surface area contributed by atoms with Crippen LogP contribution in [0.15, 0.2) is 30.5 Å². The van der Waals surface area contributed by atoms with E-state index in [-0.39, 0.29) is 12.6 Å². The summed E-state index contributed by atoms with van der Waals surface area (Å²) in [5.41, 5.74) is 1.93. The van der Waals surface area contributed by atoms with Gasteiger partial charge in [0, 0.05) is 12.7 Å². The number of nitrogens with zero attached hydrogens (tertiary/aromatic N) is 2. The van der Waals surface area contributed by atoms with Gasteiger partial charge < -0.3 is 24.3 Å². The molecule has 1 aromatic heterocycles. The quantitative estimate of drug-likeness (QED) is 0.804. The molecule has 5 nitrogen and oxygen atoms in total. The molecule has 1 atom stereocenters. The van der Waals surface area contributed by atoms with Crippen LogP contribution in [0.2, 0.25) is 0 Å². The minimum absolute atomic E-state index is 0.0363. The third-order valence-corrected chi connectivity index (χ3v) is 3.91. The van der Waals surface area contributed by atoms with Gasteiger partial charge in [-0.05, 0) is 44.0 Å². The molecule has 2 N–H and O–H groups in total. The van der Waals surface area contributed by atoms with Gasteiger partial charge in [0.2, 0.25) is 0 Å². The van der Waals surface area contributed by atoms with E-state index in [9.17, 15) is 5.11 Å². The number of nitrogens with one attached hydrogen (secondary N) is 1. The zero-order chi connectivity index (χ0) is 15.4. The molecule has 0 aliphatic rings. The highest BCUT2D eigenvalue weighted by Crippen LogP contribution is 2.25. The molecular formula is C15H21N3O2S. The van der Waals surface area contributed by atoms with E-state index in [1.54, 1.807) is 13.3 Å². The monoisotopic (exact) mass is 307 g/mol. The van der Waals surface area contributed by atoms with Gasteiger partial charge in [0.15, 0.2) is 4.77 Å². The Balaban J connectivity index is 2.35. The molecular weight excluding hydrogens is 286 g/mol. The van der Waals surface area contributed by atoms with E-state index in [1.165, 1.54) is 0 Å².